The van der Waals surface area contributed by atoms with Gasteiger partial charge >= 0.3 is 0 Å². The molecule has 1 saturated heterocycles. The van der Waals surface area contributed by atoms with Crippen LogP contribution in [0, 0.1) is 12.8 Å². The average molecular weight is 304 g/mol. The number of rotatable bonds is 4. The number of hydrogen-bond acceptors (Lipinski definition) is 3. The molecule has 0 saturated carbocycles. The van der Waals surface area contributed by atoms with Crippen molar-refractivity contribution in [3.8, 4) is 0 Å². The predicted octanol–water partition coefficient (Wildman–Crippen LogP) is 3.51. The van der Waals surface area contributed by atoms with E-state index in [1.165, 1.54) is 20.6 Å². The lowest BCUT2D eigenvalue weighted by Gasteiger charge is -2.21. The second kappa shape index (κ2) is 5.63. The molecule has 4 heteroatoms. The molecule has 0 aliphatic carbocycles. The first-order chi connectivity index (χ1) is 7.72. The summed E-state index contributed by atoms with van der Waals surface area (Å²) in [5, 5.41) is 3.59. The molecular formula is C12H18BrNOS. The summed E-state index contributed by atoms with van der Waals surface area (Å²) >= 11 is 5.48. The van der Waals surface area contributed by atoms with Gasteiger partial charge in [-0.15, -0.1) is 11.3 Å². The van der Waals surface area contributed by atoms with Gasteiger partial charge in [0.2, 0.25) is 0 Å². The van der Waals surface area contributed by atoms with Crippen LogP contribution < -0.4 is 5.32 Å². The Morgan fingerprint density at radius 2 is 2.50 bits per heavy atom. The number of nitrogens with one attached hydrogen (secondary N) is 1. The maximum atomic E-state index is 5.50. The standard InChI is InChI=1S/C12H18BrNOS/c1-3-14-12(9-4-5-15-7-9)11-6-10(13)8(2)16-11/h6,9,12,14H,3-5,7H2,1-2H3. The smallest absolute Gasteiger partial charge is 0.0513 e. The Hall–Kier alpha value is 0.1000. The third-order valence-electron chi connectivity index (χ3n) is 3.04. The summed E-state index contributed by atoms with van der Waals surface area (Å²) in [6, 6.07) is 2.72. The highest BCUT2D eigenvalue weighted by Gasteiger charge is 2.27. The second-order valence-corrected chi connectivity index (χ2v) is 6.35. The van der Waals surface area contributed by atoms with Crippen LogP contribution in [0.4, 0.5) is 0 Å². The molecule has 16 heavy (non-hydrogen) atoms. The lowest BCUT2D eigenvalue weighted by molar-refractivity contribution is 0.177. The molecule has 1 aliphatic rings. The molecule has 2 heterocycles. The maximum Gasteiger partial charge on any atom is 0.0513 e. The summed E-state index contributed by atoms with van der Waals surface area (Å²) in [5.74, 6) is 0.630. The van der Waals surface area contributed by atoms with Gasteiger partial charge in [0, 0.05) is 32.8 Å². The van der Waals surface area contributed by atoms with E-state index in [0.717, 1.165) is 19.8 Å². The fourth-order valence-corrected chi connectivity index (χ4v) is 3.90. The normalized spacial score (nSPS) is 22.6. The molecule has 1 fully saturated rings. The summed E-state index contributed by atoms with van der Waals surface area (Å²) in [5.41, 5.74) is 0. The molecule has 1 aromatic rings. The molecule has 1 N–H and O–H groups in total. The van der Waals surface area contributed by atoms with Crippen molar-refractivity contribution < 1.29 is 4.74 Å². The number of hydrogen-bond donors (Lipinski definition) is 1. The molecule has 2 atom stereocenters. The highest BCUT2D eigenvalue weighted by Crippen LogP contribution is 2.36. The van der Waals surface area contributed by atoms with Crippen LogP contribution in [0.3, 0.4) is 0 Å². The molecular weight excluding hydrogens is 286 g/mol. The van der Waals surface area contributed by atoms with Crippen molar-refractivity contribution in [2.75, 3.05) is 19.8 Å². The average Bonchev–Trinajstić information content (AvgIpc) is 2.86. The van der Waals surface area contributed by atoms with Crippen molar-refractivity contribution in [3.63, 3.8) is 0 Å². The predicted molar refractivity (Wildman–Crippen MR) is 72.1 cm³/mol. The third kappa shape index (κ3) is 2.67. The third-order valence-corrected chi connectivity index (χ3v) is 5.26. The molecule has 2 unspecified atom stereocenters. The van der Waals surface area contributed by atoms with Crippen molar-refractivity contribution in [1.82, 2.24) is 5.32 Å². The first-order valence-electron chi connectivity index (χ1n) is 5.79. The van der Waals surface area contributed by atoms with Crippen LogP contribution in [0.15, 0.2) is 10.5 Å². The van der Waals surface area contributed by atoms with Gasteiger partial charge in [-0.2, -0.15) is 0 Å². The maximum absolute atomic E-state index is 5.50. The number of ether oxygens (including phenoxy) is 1. The Morgan fingerprint density at radius 3 is 3.00 bits per heavy atom. The molecule has 0 aromatic carbocycles. The molecule has 2 rings (SSSR count). The van der Waals surface area contributed by atoms with Gasteiger partial charge in [-0.1, -0.05) is 6.92 Å². The molecule has 0 amide bonds. The van der Waals surface area contributed by atoms with E-state index in [1.807, 2.05) is 11.3 Å². The second-order valence-electron chi connectivity index (χ2n) is 4.21. The van der Waals surface area contributed by atoms with E-state index < -0.39 is 0 Å². The highest BCUT2D eigenvalue weighted by molar-refractivity contribution is 9.10. The van der Waals surface area contributed by atoms with Crippen molar-refractivity contribution in [2.24, 2.45) is 5.92 Å². The van der Waals surface area contributed by atoms with E-state index in [9.17, 15) is 0 Å². The number of thiophene rings is 1. The summed E-state index contributed by atoms with van der Waals surface area (Å²) in [6.07, 6.45) is 1.17. The molecule has 2 nitrogen and oxygen atoms in total. The van der Waals surface area contributed by atoms with E-state index >= 15 is 0 Å². The van der Waals surface area contributed by atoms with Crippen molar-refractivity contribution in [2.45, 2.75) is 26.3 Å². The van der Waals surface area contributed by atoms with Gasteiger partial charge in [-0.05, 0) is 41.9 Å². The lowest BCUT2D eigenvalue weighted by Crippen LogP contribution is -2.27. The van der Waals surface area contributed by atoms with E-state index in [-0.39, 0.29) is 0 Å². The minimum atomic E-state index is 0.461. The summed E-state index contributed by atoms with van der Waals surface area (Å²) in [7, 11) is 0. The summed E-state index contributed by atoms with van der Waals surface area (Å²) < 4.78 is 6.73. The van der Waals surface area contributed by atoms with Crippen LogP contribution >= 0.6 is 27.3 Å². The molecule has 0 radical (unpaired) electrons. The molecule has 1 aromatic heterocycles. The minimum absolute atomic E-state index is 0.461. The zero-order valence-electron chi connectivity index (χ0n) is 9.75. The van der Waals surface area contributed by atoms with Gasteiger partial charge in [0.15, 0.2) is 0 Å². The summed E-state index contributed by atoms with van der Waals surface area (Å²) in [4.78, 5) is 2.79. The highest BCUT2D eigenvalue weighted by atomic mass is 79.9. The van der Waals surface area contributed by atoms with Gasteiger partial charge in [0.1, 0.15) is 0 Å². The Kier molecular flexibility index (Phi) is 4.41. The molecule has 0 bridgehead atoms. The SMILES string of the molecule is CCNC(c1cc(Br)c(C)s1)C1CCOC1. The zero-order valence-corrected chi connectivity index (χ0v) is 12.2. The topological polar surface area (TPSA) is 21.3 Å². The monoisotopic (exact) mass is 303 g/mol. The van der Waals surface area contributed by atoms with Crippen LogP contribution in [-0.4, -0.2) is 19.8 Å². The molecule has 90 valence electrons. The van der Waals surface area contributed by atoms with Crippen LogP contribution in [0.2, 0.25) is 0 Å². The lowest BCUT2D eigenvalue weighted by atomic mass is 9.97. The Balaban J connectivity index is 2.17. The Morgan fingerprint density at radius 1 is 1.69 bits per heavy atom. The zero-order chi connectivity index (χ0) is 11.5. The van der Waals surface area contributed by atoms with Gasteiger partial charge < -0.3 is 10.1 Å². The van der Waals surface area contributed by atoms with Crippen LogP contribution in [0.1, 0.15) is 29.1 Å². The Bertz CT molecular complexity index is 327. The van der Waals surface area contributed by atoms with Crippen molar-refractivity contribution >= 4 is 27.3 Å². The van der Waals surface area contributed by atoms with Gasteiger partial charge in [0.05, 0.1) is 6.61 Å². The van der Waals surface area contributed by atoms with Crippen LogP contribution in [0.25, 0.3) is 0 Å². The quantitative estimate of drug-likeness (QED) is 0.919. The van der Waals surface area contributed by atoms with Gasteiger partial charge in [-0.25, -0.2) is 0 Å². The first-order valence-corrected chi connectivity index (χ1v) is 7.40. The van der Waals surface area contributed by atoms with E-state index in [2.05, 4.69) is 41.2 Å². The van der Waals surface area contributed by atoms with Crippen molar-refractivity contribution in [3.05, 3.63) is 20.3 Å². The largest absolute Gasteiger partial charge is 0.381 e. The molecule has 1 aliphatic heterocycles. The number of aryl methyl sites for hydroxylation is 1. The van der Waals surface area contributed by atoms with Gasteiger partial charge in [0.25, 0.3) is 0 Å². The first kappa shape index (κ1) is 12.6. The molecule has 0 spiro atoms. The van der Waals surface area contributed by atoms with Crippen molar-refractivity contribution in [1.29, 1.82) is 0 Å². The van der Waals surface area contributed by atoms with Crippen LogP contribution in [-0.2, 0) is 4.74 Å². The van der Waals surface area contributed by atoms with E-state index in [0.29, 0.717) is 12.0 Å². The summed E-state index contributed by atoms with van der Waals surface area (Å²) in [6.45, 7) is 7.14. The number of halogens is 1. The fourth-order valence-electron chi connectivity index (χ4n) is 2.17. The van der Waals surface area contributed by atoms with E-state index in [1.54, 1.807) is 0 Å². The van der Waals surface area contributed by atoms with E-state index in [4.69, 9.17) is 4.74 Å². The minimum Gasteiger partial charge on any atom is -0.381 e. The van der Waals surface area contributed by atoms with Gasteiger partial charge in [-0.3, -0.25) is 0 Å². The Labute approximate surface area is 110 Å². The van der Waals surface area contributed by atoms with Crippen LogP contribution in [0.5, 0.6) is 0 Å². The fraction of sp³-hybridized carbons (Fsp3) is 0.667.